The van der Waals surface area contributed by atoms with E-state index < -0.39 is 0 Å². The van der Waals surface area contributed by atoms with E-state index in [2.05, 4.69) is 102 Å². The van der Waals surface area contributed by atoms with Crippen LogP contribution in [0.4, 0.5) is 0 Å². The van der Waals surface area contributed by atoms with Crippen LogP contribution in [0.15, 0.2) is 91.3 Å². The standard InChI is InChI=1S/C30H37N3/c1-24-14-16-27(17-15-24)29(28-13-7-8-20-31-28)32-25(2)30(3)18-22-33(23-19-30)21-9-12-26-10-5-4-6-11-26/h4-8,10-11,13-17,20,29,32H,2,9,12,18-19,21-23H2,1,3H3. The fourth-order valence-electron chi connectivity index (χ4n) is 4.71. The third-order valence-electron chi connectivity index (χ3n) is 7.18. The van der Waals surface area contributed by atoms with Crippen LogP contribution in [0.5, 0.6) is 0 Å². The minimum absolute atomic E-state index is 0.0139. The van der Waals surface area contributed by atoms with Crippen LogP contribution in [0.25, 0.3) is 0 Å². The summed E-state index contributed by atoms with van der Waals surface area (Å²) in [6.45, 7) is 12.5. The number of allylic oxidation sites excluding steroid dienone is 1. The van der Waals surface area contributed by atoms with Gasteiger partial charge in [0.05, 0.1) is 11.7 Å². The maximum absolute atomic E-state index is 4.66. The van der Waals surface area contributed by atoms with Crippen molar-refractivity contribution >= 4 is 0 Å². The van der Waals surface area contributed by atoms with Crippen LogP contribution >= 0.6 is 0 Å². The van der Waals surface area contributed by atoms with Gasteiger partial charge in [-0.2, -0.15) is 0 Å². The quantitative estimate of drug-likeness (QED) is 0.423. The van der Waals surface area contributed by atoms with E-state index in [0.29, 0.717) is 0 Å². The molecule has 172 valence electrons. The molecule has 1 atom stereocenters. The number of hydrogen-bond donors (Lipinski definition) is 1. The Hall–Kier alpha value is -2.91. The van der Waals surface area contributed by atoms with Gasteiger partial charge in [-0.15, -0.1) is 0 Å². The molecule has 4 rings (SSSR count). The number of benzene rings is 2. The summed E-state index contributed by atoms with van der Waals surface area (Å²) in [6, 6.07) is 25.7. The average Bonchev–Trinajstić information content (AvgIpc) is 2.85. The lowest BCUT2D eigenvalue weighted by molar-refractivity contribution is 0.137. The maximum Gasteiger partial charge on any atom is 0.0937 e. The van der Waals surface area contributed by atoms with Gasteiger partial charge in [0.15, 0.2) is 0 Å². The zero-order chi connectivity index (χ0) is 23.1. The van der Waals surface area contributed by atoms with Crippen molar-refractivity contribution in [1.29, 1.82) is 0 Å². The summed E-state index contributed by atoms with van der Waals surface area (Å²) in [4.78, 5) is 7.28. The Morgan fingerprint density at radius 1 is 1.00 bits per heavy atom. The number of aromatic nitrogens is 1. The largest absolute Gasteiger partial charge is 0.376 e. The summed E-state index contributed by atoms with van der Waals surface area (Å²) in [5.41, 5.74) is 6.18. The molecule has 1 aromatic heterocycles. The number of pyridine rings is 1. The lowest BCUT2D eigenvalue weighted by Crippen LogP contribution is -2.43. The molecule has 0 saturated carbocycles. The summed E-state index contributed by atoms with van der Waals surface area (Å²) in [5, 5.41) is 3.78. The van der Waals surface area contributed by atoms with Gasteiger partial charge >= 0.3 is 0 Å². The van der Waals surface area contributed by atoms with Gasteiger partial charge < -0.3 is 10.2 Å². The van der Waals surface area contributed by atoms with Gasteiger partial charge in [-0.05, 0) is 75.5 Å². The average molecular weight is 440 g/mol. The van der Waals surface area contributed by atoms with E-state index in [1.807, 2.05) is 12.3 Å². The first kappa shape index (κ1) is 23.3. The van der Waals surface area contributed by atoms with E-state index in [9.17, 15) is 0 Å². The van der Waals surface area contributed by atoms with Crippen LogP contribution in [0.1, 0.15) is 54.6 Å². The third-order valence-corrected chi connectivity index (χ3v) is 7.18. The van der Waals surface area contributed by atoms with Crippen LogP contribution in [0, 0.1) is 12.3 Å². The summed E-state index contributed by atoms with van der Waals surface area (Å²) in [6.07, 6.45) is 6.51. The number of likely N-dealkylation sites (tertiary alicyclic amines) is 1. The topological polar surface area (TPSA) is 28.2 Å². The van der Waals surface area contributed by atoms with E-state index in [1.54, 1.807) is 0 Å². The van der Waals surface area contributed by atoms with Gasteiger partial charge in [0.25, 0.3) is 0 Å². The first-order chi connectivity index (χ1) is 16.0. The summed E-state index contributed by atoms with van der Waals surface area (Å²) >= 11 is 0. The number of aryl methyl sites for hydroxylation is 2. The predicted octanol–water partition coefficient (Wildman–Crippen LogP) is 6.32. The summed E-state index contributed by atoms with van der Waals surface area (Å²) in [5.74, 6) is 0. The number of piperidine rings is 1. The molecule has 1 unspecified atom stereocenters. The van der Waals surface area contributed by atoms with Crippen molar-refractivity contribution in [2.24, 2.45) is 5.41 Å². The summed E-state index contributed by atoms with van der Waals surface area (Å²) < 4.78 is 0. The molecule has 0 amide bonds. The second-order valence-corrected chi connectivity index (χ2v) is 9.71. The van der Waals surface area contributed by atoms with Gasteiger partial charge in [0.1, 0.15) is 0 Å². The molecular weight excluding hydrogens is 402 g/mol. The van der Waals surface area contributed by atoms with Crippen molar-refractivity contribution < 1.29 is 0 Å². The molecule has 1 fully saturated rings. The molecule has 1 saturated heterocycles. The lowest BCUT2D eigenvalue weighted by Gasteiger charge is -2.42. The molecule has 0 radical (unpaired) electrons. The monoisotopic (exact) mass is 439 g/mol. The first-order valence-electron chi connectivity index (χ1n) is 12.2. The molecule has 3 aromatic rings. The fourth-order valence-corrected chi connectivity index (χ4v) is 4.71. The second kappa shape index (κ2) is 10.8. The van der Waals surface area contributed by atoms with Crippen LogP contribution in [-0.4, -0.2) is 29.5 Å². The van der Waals surface area contributed by atoms with Crippen molar-refractivity contribution in [2.75, 3.05) is 19.6 Å². The van der Waals surface area contributed by atoms with Crippen LogP contribution < -0.4 is 5.32 Å². The Bertz CT molecular complexity index is 1000. The number of rotatable bonds is 9. The van der Waals surface area contributed by atoms with E-state index in [-0.39, 0.29) is 11.5 Å². The van der Waals surface area contributed by atoms with Gasteiger partial charge in [0, 0.05) is 17.3 Å². The molecule has 1 aliphatic heterocycles. The molecule has 3 heteroatoms. The third kappa shape index (κ3) is 6.11. The highest BCUT2D eigenvalue weighted by molar-refractivity contribution is 5.32. The number of nitrogens with zero attached hydrogens (tertiary/aromatic N) is 2. The molecule has 0 spiro atoms. The van der Waals surface area contributed by atoms with E-state index in [0.717, 1.165) is 43.7 Å². The van der Waals surface area contributed by atoms with Crippen molar-refractivity contribution in [1.82, 2.24) is 15.2 Å². The smallest absolute Gasteiger partial charge is 0.0937 e. The maximum atomic E-state index is 4.66. The highest BCUT2D eigenvalue weighted by Gasteiger charge is 2.34. The highest BCUT2D eigenvalue weighted by atomic mass is 15.1. The predicted molar refractivity (Wildman–Crippen MR) is 138 cm³/mol. The van der Waals surface area contributed by atoms with Crippen molar-refractivity contribution in [3.05, 3.63) is 114 Å². The van der Waals surface area contributed by atoms with E-state index >= 15 is 0 Å². The molecule has 0 aliphatic carbocycles. The number of nitrogens with one attached hydrogen (secondary N) is 1. The van der Waals surface area contributed by atoms with Crippen molar-refractivity contribution in [3.8, 4) is 0 Å². The molecule has 3 nitrogen and oxygen atoms in total. The van der Waals surface area contributed by atoms with Gasteiger partial charge in [-0.3, -0.25) is 4.98 Å². The van der Waals surface area contributed by atoms with Crippen LogP contribution in [0.3, 0.4) is 0 Å². The Balaban J connectivity index is 1.35. The molecule has 1 N–H and O–H groups in total. The highest BCUT2D eigenvalue weighted by Crippen LogP contribution is 2.38. The summed E-state index contributed by atoms with van der Waals surface area (Å²) in [7, 11) is 0. The fraction of sp³-hybridized carbons (Fsp3) is 0.367. The Labute approximate surface area is 199 Å². The van der Waals surface area contributed by atoms with E-state index in [1.165, 1.54) is 29.7 Å². The van der Waals surface area contributed by atoms with Crippen LogP contribution in [-0.2, 0) is 6.42 Å². The normalized spacial score (nSPS) is 16.8. The van der Waals surface area contributed by atoms with Gasteiger partial charge in [-0.25, -0.2) is 0 Å². The molecule has 1 aliphatic rings. The zero-order valence-electron chi connectivity index (χ0n) is 20.1. The van der Waals surface area contributed by atoms with Gasteiger partial charge in [0.2, 0.25) is 0 Å². The minimum atomic E-state index is 0.0139. The Morgan fingerprint density at radius 2 is 1.70 bits per heavy atom. The lowest BCUT2D eigenvalue weighted by atomic mass is 9.77. The zero-order valence-corrected chi connectivity index (χ0v) is 20.1. The molecular formula is C30H37N3. The Morgan fingerprint density at radius 3 is 2.36 bits per heavy atom. The minimum Gasteiger partial charge on any atom is -0.376 e. The van der Waals surface area contributed by atoms with Crippen LogP contribution in [0.2, 0.25) is 0 Å². The van der Waals surface area contributed by atoms with E-state index in [4.69, 9.17) is 0 Å². The Kier molecular flexibility index (Phi) is 7.61. The molecule has 2 aromatic carbocycles. The number of hydrogen-bond acceptors (Lipinski definition) is 3. The van der Waals surface area contributed by atoms with Gasteiger partial charge in [-0.1, -0.05) is 79.7 Å². The van der Waals surface area contributed by atoms with Crippen molar-refractivity contribution in [2.45, 2.75) is 45.6 Å². The second-order valence-electron chi connectivity index (χ2n) is 9.71. The molecule has 2 heterocycles. The first-order valence-corrected chi connectivity index (χ1v) is 12.2. The molecule has 33 heavy (non-hydrogen) atoms. The molecule has 0 bridgehead atoms. The van der Waals surface area contributed by atoms with Crippen molar-refractivity contribution in [3.63, 3.8) is 0 Å². The SMILES string of the molecule is C=C(NC(c1ccc(C)cc1)c1ccccn1)C1(C)CCN(CCCc2ccccc2)CC1.